The van der Waals surface area contributed by atoms with Crippen molar-refractivity contribution < 1.29 is 4.74 Å². The number of hydrogen-bond donors (Lipinski definition) is 1. The molecule has 2 N–H and O–H groups in total. The lowest BCUT2D eigenvalue weighted by atomic mass is 9.81. The van der Waals surface area contributed by atoms with Crippen LogP contribution in [0.2, 0.25) is 0 Å². The molecule has 0 aliphatic carbocycles. The van der Waals surface area contributed by atoms with E-state index in [4.69, 9.17) is 10.5 Å². The van der Waals surface area contributed by atoms with Crippen LogP contribution in [0.5, 0.6) is 5.75 Å². The van der Waals surface area contributed by atoms with Crippen molar-refractivity contribution in [1.29, 1.82) is 0 Å². The van der Waals surface area contributed by atoms with Gasteiger partial charge in [-0.3, -0.25) is 0 Å². The van der Waals surface area contributed by atoms with Gasteiger partial charge in [0.2, 0.25) is 0 Å². The first-order valence-electron chi connectivity index (χ1n) is 5.33. The molecule has 0 aromatic heterocycles. The summed E-state index contributed by atoms with van der Waals surface area (Å²) < 4.78 is 5.36. The van der Waals surface area contributed by atoms with Crippen LogP contribution in [-0.2, 0) is 5.54 Å². The van der Waals surface area contributed by atoms with Crippen LogP contribution in [0.15, 0.2) is 18.2 Å². The van der Waals surface area contributed by atoms with E-state index in [1.807, 2.05) is 12.1 Å². The molecule has 2 nitrogen and oxygen atoms in total. The molecule has 1 aromatic carbocycles. The summed E-state index contributed by atoms with van der Waals surface area (Å²) in [5.74, 6) is 1.24. The Morgan fingerprint density at radius 2 is 1.93 bits per heavy atom. The zero-order valence-corrected chi connectivity index (χ0v) is 10.3. The second-order valence-corrected chi connectivity index (χ2v) is 4.64. The fraction of sp³-hybridized carbons (Fsp3) is 0.538. The Morgan fingerprint density at radius 3 is 2.40 bits per heavy atom. The van der Waals surface area contributed by atoms with Gasteiger partial charge in [0.15, 0.2) is 0 Å². The third-order valence-corrected chi connectivity index (χ3v) is 3.13. The zero-order chi connectivity index (χ0) is 11.6. The lowest BCUT2D eigenvalue weighted by Crippen LogP contribution is -2.38. The number of benzene rings is 1. The van der Waals surface area contributed by atoms with Crippen LogP contribution in [0.1, 0.15) is 31.9 Å². The highest BCUT2D eigenvalue weighted by molar-refractivity contribution is 5.41. The van der Waals surface area contributed by atoms with Gasteiger partial charge in [-0.05, 0) is 25.8 Å². The lowest BCUT2D eigenvalue weighted by Gasteiger charge is -2.31. The van der Waals surface area contributed by atoms with Gasteiger partial charge in [-0.1, -0.05) is 31.5 Å². The fourth-order valence-electron chi connectivity index (χ4n) is 1.55. The van der Waals surface area contributed by atoms with Crippen LogP contribution >= 0.6 is 0 Å². The zero-order valence-electron chi connectivity index (χ0n) is 10.3. The van der Waals surface area contributed by atoms with E-state index >= 15 is 0 Å². The van der Waals surface area contributed by atoms with Gasteiger partial charge in [0, 0.05) is 11.1 Å². The lowest BCUT2D eigenvalue weighted by molar-refractivity contribution is 0.326. The monoisotopic (exact) mass is 207 g/mol. The summed E-state index contributed by atoms with van der Waals surface area (Å²) in [6.07, 6.45) is 0. The molecule has 0 heterocycles. The average Bonchev–Trinajstić information content (AvgIpc) is 2.17. The van der Waals surface area contributed by atoms with Crippen LogP contribution < -0.4 is 10.5 Å². The van der Waals surface area contributed by atoms with Crippen molar-refractivity contribution in [3.05, 3.63) is 29.3 Å². The molecule has 0 spiro atoms. The van der Waals surface area contributed by atoms with Gasteiger partial charge < -0.3 is 10.5 Å². The largest absolute Gasteiger partial charge is 0.496 e. The van der Waals surface area contributed by atoms with Gasteiger partial charge in [0.1, 0.15) is 5.75 Å². The Morgan fingerprint density at radius 1 is 1.33 bits per heavy atom. The Bertz CT molecular complexity index is 342. The van der Waals surface area contributed by atoms with Crippen molar-refractivity contribution >= 4 is 0 Å². The maximum Gasteiger partial charge on any atom is 0.123 e. The average molecular weight is 207 g/mol. The summed E-state index contributed by atoms with van der Waals surface area (Å²) in [7, 11) is 1.69. The third kappa shape index (κ3) is 2.32. The predicted octanol–water partition coefficient (Wildman–Crippen LogP) is 2.83. The maximum atomic E-state index is 6.35. The molecule has 0 aliphatic heterocycles. The molecule has 0 saturated carbocycles. The molecule has 1 rings (SSSR count). The second-order valence-electron chi connectivity index (χ2n) is 4.64. The summed E-state index contributed by atoms with van der Waals surface area (Å²) in [6, 6.07) is 6.13. The van der Waals surface area contributed by atoms with Gasteiger partial charge in [0.05, 0.1) is 7.11 Å². The van der Waals surface area contributed by atoms with Crippen molar-refractivity contribution in [1.82, 2.24) is 0 Å². The first kappa shape index (κ1) is 12.1. The Hall–Kier alpha value is -1.02. The number of methoxy groups -OCH3 is 1. The molecule has 0 aliphatic rings. The van der Waals surface area contributed by atoms with Crippen molar-refractivity contribution in [2.45, 2.75) is 33.2 Å². The van der Waals surface area contributed by atoms with Gasteiger partial charge >= 0.3 is 0 Å². The normalized spacial score (nSPS) is 15.1. The minimum absolute atomic E-state index is 0.350. The number of rotatable bonds is 3. The molecule has 0 fully saturated rings. The summed E-state index contributed by atoms with van der Waals surface area (Å²) in [6.45, 7) is 8.37. The Kier molecular flexibility index (Phi) is 3.40. The summed E-state index contributed by atoms with van der Waals surface area (Å²) >= 11 is 0. The first-order valence-corrected chi connectivity index (χ1v) is 5.33. The van der Waals surface area contributed by atoms with E-state index in [1.165, 1.54) is 5.56 Å². The summed E-state index contributed by atoms with van der Waals surface area (Å²) in [5.41, 5.74) is 8.29. The SMILES string of the molecule is COc1ccc(C)cc1C(C)(N)C(C)C. The van der Waals surface area contributed by atoms with E-state index in [0.29, 0.717) is 5.92 Å². The Labute approximate surface area is 92.4 Å². The highest BCUT2D eigenvalue weighted by Crippen LogP contribution is 2.33. The maximum absolute atomic E-state index is 6.35. The molecular formula is C13H21NO. The van der Waals surface area contributed by atoms with Crippen LogP contribution in [-0.4, -0.2) is 7.11 Å². The van der Waals surface area contributed by atoms with E-state index < -0.39 is 0 Å². The molecule has 1 aromatic rings. The third-order valence-electron chi connectivity index (χ3n) is 3.13. The smallest absolute Gasteiger partial charge is 0.123 e. The van der Waals surface area contributed by atoms with Gasteiger partial charge in [0.25, 0.3) is 0 Å². The molecule has 84 valence electrons. The minimum atomic E-state index is -0.350. The van der Waals surface area contributed by atoms with Crippen LogP contribution in [0.4, 0.5) is 0 Å². The van der Waals surface area contributed by atoms with E-state index in [1.54, 1.807) is 7.11 Å². The molecule has 15 heavy (non-hydrogen) atoms. The topological polar surface area (TPSA) is 35.2 Å². The molecule has 0 radical (unpaired) electrons. The molecule has 1 unspecified atom stereocenters. The van der Waals surface area contributed by atoms with E-state index in [0.717, 1.165) is 11.3 Å². The van der Waals surface area contributed by atoms with Crippen molar-refractivity contribution in [2.24, 2.45) is 11.7 Å². The van der Waals surface area contributed by atoms with E-state index in [-0.39, 0.29) is 5.54 Å². The van der Waals surface area contributed by atoms with Crippen molar-refractivity contribution in [2.75, 3.05) is 7.11 Å². The highest BCUT2D eigenvalue weighted by atomic mass is 16.5. The molecule has 2 heteroatoms. The summed E-state index contributed by atoms with van der Waals surface area (Å²) in [5, 5.41) is 0. The molecule has 1 atom stereocenters. The van der Waals surface area contributed by atoms with Gasteiger partial charge in [-0.15, -0.1) is 0 Å². The standard InChI is InChI=1S/C13H21NO/c1-9(2)13(4,14)11-8-10(3)6-7-12(11)15-5/h6-9H,14H2,1-5H3. The number of ether oxygens (including phenoxy) is 1. The van der Waals surface area contributed by atoms with Crippen LogP contribution in [0.25, 0.3) is 0 Å². The predicted molar refractivity (Wildman–Crippen MR) is 64.1 cm³/mol. The van der Waals surface area contributed by atoms with E-state index in [2.05, 4.69) is 33.8 Å². The summed E-state index contributed by atoms with van der Waals surface area (Å²) in [4.78, 5) is 0. The molecule has 0 amide bonds. The second kappa shape index (κ2) is 4.23. The Balaban J connectivity index is 3.28. The number of nitrogens with two attached hydrogens (primary N) is 1. The van der Waals surface area contributed by atoms with Gasteiger partial charge in [-0.25, -0.2) is 0 Å². The van der Waals surface area contributed by atoms with Crippen molar-refractivity contribution in [3.63, 3.8) is 0 Å². The molecule has 0 saturated heterocycles. The first-order chi connectivity index (χ1) is 6.89. The number of aryl methyl sites for hydroxylation is 1. The molecule has 0 bridgehead atoms. The minimum Gasteiger partial charge on any atom is -0.496 e. The quantitative estimate of drug-likeness (QED) is 0.827. The highest BCUT2D eigenvalue weighted by Gasteiger charge is 2.28. The fourth-order valence-corrected chi connectivity index (χ4v) is 1.55. The van der Waals surface area contributed by atoms with Crippen LogP contribution in [0.3, 0.4) is 0 Å². The van der Waals surface area contributed by atoms with E-state index in [9.17, 15) is 0 Å². The van der Waals surface area contributed by atoms with Crippen LogP contribution in [0, 0.1) is 12.8 Å². The molecular weight excluding hydrogens is 186 g/mol. The van der Waals surface area contributed by atoms with Crippen molar-refractivity contribution in [3.8, 4) is 5.75 Å². The number of hydrogen-bond acceptors (Lipinski definition) is 2. The van der Waals surface area contributed by atoms with Gasteiger partial charge in [-0.2, -0.15) is 0 Å².